The van der Waals surface area contributed by atoms with E-state index < -0.39 is 67.3 Å². The van der Waals surface area contributed by atoms with Gasteiger partial charge in [-0.3, -0.25) is 9.59 Å². The molecule has 0 saturated carbocycles. The Bertz CT molecular complexity index is 697. The summed E-state index contributed by atoms with van der Waals surface area (Å²) in [7, 11) is 1.37. The molecule has 37 heavy (non-hydrogen) atoms. The molecule has 0 bridgehead atoms. The van der Waals surface area contributed by atoms with Crippen molar-refractivity contribution in [3.63, 3.8) is 0 Å². The highest BCUT2D eigenvalue weighted by atomic mass is 16.7. The summed E-state index contributed by atoms with van der Waals surface area (Å²) in [6.45, 7) is 2.74. The number of esters is 1. The first-order chi connectivity index (χ1) is 17.6. The first kappa shape index (κ1) is 31.8. The smallest absolute Gasteiger partial charge is 0.305 e. The number of hydrogen-bond donors (Lipinski definition) is 6. The molecule has 2 rings (SSSR count). The van der Waals surface area contributed by atoms with Crippen LogP contribution in [0.2, 0.25) is 0 Å². The van der Waals surface area contributed by atoms with Gasteiger partial charge in [-0.05, 0) is 19.8 Å². The quantitative estimate of drug-likeness (QED) is 0.113. The van der Waals surface area contributed by atoms with E-state index in [-0.39, 0.29) is 19.2 Å². The number of ether oxygens (including phenoxy) is 5. The Labute approximate surface area is 217 Å². The van der Waals surface area contributed by atoms with Crippen LogP contribution in [-0.2, 0) is 33.3 Å². The van der Waals surface area contributed by atoms with E-state index in [1.165, 1.54) is 21.0 Å². The van der Waals surface area contributed by atoms with Gasteiger partial charge in [-0.1, -0.05) is 25.7 Å². The number of carbonyl (C=O) groups is 2. The highest BCUT2D eigenvalue weighted by Crippen LogP contribution is 2.26. The van der Waals surface area contributed by atoms with E-state index >= 15 is 0 Å². The fourth-order valence-corrected chi connectivity index (χ4v) is 4.32. The summed E-state index contributed by atoms with van der Waals surface area (Å²) in [6.07, 6.45) is -5.82. The van der Waals surface area contributed by atoms with Gasteiger partial charge in [0.15, 0.2) is 12.6 Å². The first-order valence-corrected chi connectivity index (χ1v) is 12.8. The van der Waals surface area contributed by atoms with Gasteiger partial charge in [0, 0.05) is 20.0 Å². The first-order valence-electron chi connectivity index (χ1n) is 12.8. The molecule has 2 fully saturated rings. The van der Waals surface area contributed by atoms with E-state index in [0.717, 1.165) is 32.1 Å². The molecule has 2 saturated heterocycles. The van der Waals surface area contributed by atoms with Crippen LogP contribution in [0, 0.1) is 0 Å². The van der Waals surface area contributed by atoms with E-state index in [1.54, 1.807) is 0 Å². The Morgan fingerprint density at radius 2 is 1.43 bits per heavy atom. The lowest BCUT2D eigenvalue weighted by atomic mass is 9.96. The molecule has 2 aliphatic heterocycles. The van der Waals surface area contributed by atoms with Gasteiger partial charge in [-0.25, -0.2) is 0 Å². The Morgan fingerprint density at radius 3 is 2.08 bits per heavy atom. The molecule has 1 amide bonds. The van der Waals surface area contributed by atoms with Gasteiger partial charge in [0.05, 0.1) is 19.8 Å². The maximum absolute atomic E-state index is 11.7. The fourth-order valence-electron chi connectivity index (χ4n) is 4.32. The largest absolute Gasteiger partial charge is 0.469 e. The second-order valence-electron chi connectivity index (χ2n) is 9.58. The lowest BCUT2D eigenvalue weighted by molar-refractivity contribution is -0.316. The Morgan fingerprint density at radius 1 is 0.784 bits per heavy atom. The van der Waals surface area contributed by atoms with E-state index in [0.29, 0.717) is 12.8 Å². The number of carbonyl (C=O) groups excluding carboxylic acids is 2. The van der Waals surface area contributed by atoms with Gasteiger partial charge in [-0.15, -0.1) is 0 Å². The zero-order valence-corrected chi connectivity index (χ0v) is 21.7. The summed E-state index contributed by atoms with van der Waals surface area (Å²) in [5.41, 5.74) is 0. The number of aliphatic hydroxyl groups excluding tert-OH is 5. The molecule has 0 radical (unpaired) electrons. The third-order valence-corrected chi connectivity index (χ3v) is 6.59. The van der Waals surface area contributed by atoms with Gasteiger partial charge in [-0.2, -0.15) is 0 Å². The van der Waals surface area contributed by atoms with Crippen molar-refractivity contribution in [1.82, 2.24) is 5.32 Å². The number of unbranched alkanes of at least 4 members (excludes halogenated alkanes) is 5. The second kappa shape index (κ2) is 15.9. The Hall–Kier alpha value is -1.42. The van der Waals surface area contributed by atoms with Crippen molar-refractivity contribution in [3.8, 4) is 0 Å². The third kappa shape index (κ3) is 9.68. The van der Waals surface area contributed by atoms with Crippen molar-refractivity contribution in [3.05, 3.63) is 0 Å². The number of aliphatic hydroxyl groups is 5. The van der Waals surface area contributed by atoms with Gasteiger partial charge in [0.2, 0.25) is 5.91 Å². The number of rotatable bonds is 14. The minimum absolute atomic E-state index is 0.209. The predicted octanol–water partition coefficient (Wildman–Crippen LogP) is -1.30. The second-order valence-corrected chi connectivity index (χ2v) is 9.58. The van der Waals surface area contributed by atoms with Gasteiger partial charge < -0.3 is 54.5 Å². The van der Waals surface area contributed by atoms with Crippen molar-refractivity contribution in [2.45, 2.75) is 120 Å². The molecule has 2 aliphatic rings. The summed E-state index contributed by atoms with van der Waals surface area (Å²) in [5, 5.41) is 53.7. The van der Waals surface area contributed by atoms with Crippen molar-refractivity contribution >= 4 is 11.9 Å². The van der Waals surface area contributed by atoms with Crippen LogP contribution in [0.15, 0.2) is 0 Å². The predicted molar refractivity (Wildman–Crippen MR) is 127 cm³/mol. The van der Waals surface area contributed by atoms with Crippen molar-refractivity contribution in [1.29, 1.82) is 0 Å². The molecule has 0 aromatic heterocycles. The van der Waals surface area contributed by atoms with Crippen LogP contribution < -0.4 is 5.32 Å². The average Bonchev–Trinajstić information content (AvgIpc) is 2.87. The molecule has 0 unspecified atom stereocenters. The van der Waals surface area contributed by atoms with Crippen molar-refractivity contribution in [2.24, 2.45) is 0 Å². The van der Waals surface area contributed by atoms with E-state index in [9.17, 15) is 35.1 Å². The molecule has 0 aromatic carbocycles. The van der Waals surface area contributed by atoms with E-state index in [1.807, 2.05) is 0 Å². The molecule has 0 aromatic rings. The standard InChI is InChI=1S/C24H43NO12/c1-13-18(28)21(31)22(32)24(36-13)35-12-15-19(29)20(30)17(25-14(2)26)23(37-15)34-11-9-7-5-4-6-8-10-16(27)33-3/h13,15,17-24,28-32H,4-12H2,1-3H3,(H,25,26)/t13-,15+,17+,18+,19+,20+,21+,22-,23+,24-/m0/s1. The summed E-state index contributed by atoms with van der Waals surface area (Å²) in [4.78, 5) is 22.8. The molecule has 0 spiro atoms. The van der Waals surface area contributed by atoms with E-state index in [4.69, 9.17) is 18.9 Å². The zero-order chi connectivity index (χ0) is 27.5. The maximum atomic E-state index is 11.7. The number of nitrogens with one attached hydrogen (secondary N) is 1. The topological polar surface area (TPSA) is 193 Å². The summed E-state index contributed by atoms with van der Waals surface area (Å²) < 4.78 is 27.1. The monoisotopic (exact) mass is 537 g/mol. The molecule has 6 N–H and O–H groups in total. The summed E-state index contributed by atoms with van der Waals surface area (Å²) in [6, 6.07) is -1.02. The molecule has 10 atom stereocenters. The maximum Gasteiger partial charge on any atom is 0.305 e. The molecule has 2 heterocycles. The molecule has 13 heteroatoms. The van der Waals surface area contributed by atoms with Crippen LogP contribution in [0.1, 0.15) is 58.8 Å². The highest BCUT2D eigenvalue weighted by molar-refractivity contribution is 5.73. The number of amides is 1. The van der Waals surface area contributed by atoms with Crippen molar-refractivity contribution in [2.75, 3.05) is 20.3 Å². The zero-order valence-electron chi connectivity index (χ0n) is 21.7. The number of hydrogen-bond acceptors (Lipinski definition) is 12. The molecule has 0 aliphatic carbocycles. The van der Waals surface area contributed by atoms with E-state index in [2.05, 4.69) is 10.1 Å². The van der Waals surface area contributed by atoms with Crippen LogP contribution in [0.25, 0.3) is 0 Å². The molecular formula is C24H43NO12. The SMILES string of the molecule is COC(=O)CCCCCCCCO[C@@H]1O[C@H](CO[C@H]2O[C@@H](C)[C@@H](O)[C@@H](O)[C@@H]2O)[C@@H](O)[C@H](O)[C@H]1NC(C)=O. The Balaban J connectivity index is 1.83. The van der Waals surface area contributed by atoms with Crippen LogP contribution >= 0.6 is 0 Å². The molecule has 13 nitrogen and oxygen atoms in total. The van der Waals surface area contributed by atoms with Crippen molar-refractivity contribution < 1.29 is 58.8 Å². The van der Waals surface area contributed by atoms with Crippen LogP contribution in [0.5, 0.6) is 0 Å². The highest BCUT2D eigenvalue weighted by Gasteiger charge is 2.47. The summed E-state index contributed by atoms with van der Waals surface area (Å²) >= 11 is 0. The molecule has 216 valence electrons. The van der Waals surface area contributed by atoms with Crippen LogP contribution in [-0.4, -0.2) is 119 Å². The lowest BCUT2D eigenvalue weighted by Crippen LogP contribution is -2.65. The Kier molecular flexibility index (Phi) is 13.6. The van der Waals surface area contributed by atoms with Gasteiger partial charge in [0.25, 0.3) is 0 Å². The van der Waals surface area contributed by atoms with Gasteiger partial charge in [0.1, 0.15) is 42.7 Å². The van der Waals surface area contributed by atoms with Crippen LogP contribution in [0.4, 0.5) is 0 Å². The molecular weight excluding hydrogens is 494 g/mol. The minimum Gasteiger partial charge on any atom is -0.469 e. The average molecular weight is 538 g/mol. The third-order valence-electron chi connectivity index (χ3n) is 6.59. The lowest BCUT2D eigenvalue weighted by Gasteiger charge is -2.44. The summed E-state index contributed by atoms with van der Waals surface area (Å²) in [5.74, 6) is -0.644. The normalized spacial score (nSPS) is 36.2. The van der Waals surface area contributed by atoms with Crippen LogP contribution in [0.3, 0.4) is 0 Å². The number of methoxy groups -OCH3 is 1. The minimum atomic E-state index is -1.53. The fraction of sp³-hybridized carbons (Fsp3) is 0.917. The van der Waals surface area contributed by atoms with Gasteiger partial charge >= 0.3 is 5.97 Å².